The molecule has 1 aliphatic heterocycles. The van der Waals surface area contributed by atoms with E-state index in [9.17, 15) is 9.59 Å². The predicted molar refractivity (Wildman–Crippen MR) is 97.3 cm³/mol. The van der Waals surface area contributed by atoms with Crippen LogP contribution in [0.4, 0.5) is 5.69 Å². The third-order valence-corrected chi connectivity index (χ3v) is 4.60. The number of likely N-dealkylation sites (tertiary alicyclic amines) is 1. The number of hydrogen-bond acceptors (Lipinski definition) is 5. The Morgan fingerprint density at radius 2 is 2.08 bits per heavy atom. The Bertz CT molecular complexity index is 837. The van der Waals surface area contributed by atoms with Crippen molar-refractivity contribution >= 4 is 17.5 Å². The maximum absolute atomic E-state index is 12.6. The van der Waals surface area contributed by atoms with Gasteiger partial charge in [-0.2, -0.15) is 0 Å². The van der Waals surface area contributed by atoms with Crippen LogP contribution < -0.4 is 10.1 Å². The third-order valence-electron chi connectivity index (χ3n) is 4.60. The molecule has 1 atom stereocenters. The van der Waals surface area contributed by atoms with Crippen LogP contribution in [0.5, 0.6) is 5.75 Å². The Morgan fingerprint density at radius 1 is 1.31 bits per heavy atom. The van der Waals surface area contributed by atoms with Crippen LogP contribution in [0, 0.1) is 6.92 Å². The lowest BCUT2D eigenvalue weighted by atomic mass is 10.1. The summed E-state index contributed by atoms with van der Waals surface area (Å²) in [6.45, 7) is 4.71. The molecule has 1 aromatic heterocycles. The van der Waals surface area contributed by atoms with Gasteiger partial charge < -0.3 is 15.0 Å². The second-order valence-corrected chi connectivity index (χ2v) is 6.33. The summed E-state index contributed by atoms with van der Waals surface area (Å²) in [7, 11) is 1.56. The highest BCUT2D eigenvalue weighted by atomic mass is 16.5. The van der Waals surface area contributed by atoms with Gasteiger partial charge in [-0.25, -0.2) is 9.97 Å². The summed E-state index contributed by atoms with van der Waals surface area (Å²) in [5.74, 6) is 1.17. The van der Waals surface area contributed by atoms with Crippen molar-refractivity contribution in [1.82, 2.24) is 14.9 Å². The first-order valence-corrected chi connectivity index (χ1v) is 8.53. The summed E-state index contributed by atoms with van der Waals surface area (Å²) in [6, 6.07) is 7.22. The number of benzene rings is 1. The number of nitrogens with zero attached hydrogens (tertiary/aromatic N) is 3. The van der Waals surface area contributed by atoms with Crippen molar-refractivity contribution in [2.75, 3.05) is 25.5 Å². The molecule has 7 heteroatoms. The Labute approximate surface area is 152 Å². The fraction of sp³-hybridized carbons (Fsp3) is 0.368. The van der Waals surface area contributed by atoms with E-state index < -0.39 is 0 Å². The number of aromatic nitrogens is 2. The molecule has 0 radical (unpaired) electrons. The standard InChI is InChI=1S/C19H22N4O3/c1-12-15(19(25)22-16-6-4-5-7-17(16)26-3)10-20-18(21-12)14-8-9-23(11-14)13(2)24/h4-7,10,14H,8-9,11H2,1-3H3,(H,22,25)/t14-/m1/s1. The van der Waals surface area contributed by atoms with E-state index in [1.54, 1.807) is 44.2 Å². The highest BCUT2D eigenvalue weighted by molar-refractivity contribution is 6.05. The van der Waals surface area contributed by atoms with Gasteiger partial charge in [0.05, 0.1) is 24.1 Å². The average Bonchev–Trinajstić information content (AvgIpc) is 3.12. The zero-order chi connectivity index (χ0) is 18.7. The second kappa shape index (κ2) is 7.51. The normalized spacial score (nSPS) is 16.4. The van der Waals surface area contributed by atoms with Gasteiger partial charge in [0.2, 0.25) is 5.91 Å². The van der Waals surface area contributed by atoms with E-state index >= 15 is 0 Å². The first-order valence-electron chi connectivity index (χ1n) is 8.53. The summed E-state index contributed by atoms with van der Waals surface area (Å²) >= 11 is 0. The van der Waals surface area contributed by atoms with Gasteiger partial charge in [0.25, 0.3) is 5.91 Å². The number of aryl methyl sites for hydroxylation is 1. The predicted octanol–water partition coefficient (Wildman–Crippen LogP) is 2.38. The van der Waals surface area contributed by atoms with E-state index in [4.69, 9.17) is 4.74 Å². The first kappa shape index (κ1) is 17.8. The van der Waals surface area contributed by atoms with Crippen molar-refractivity contribution < 1.29 is 14.3 Å². The minimum atomic E-state index is -0.282. The molecule has 0 spiro atoms. The minimum absolute atomic E-state index is 0.0667. The van der Waals surface area contributed by atoms with Crippen LogP contribution in [-0.4, -0.2) is 46.9 Å². The van der Waals surface area contributed by atoms with Gasteiger partial charge in [-0.15, -0.1) is 0 Å². The molecule has 2 amide bonds. The van der Waals surface area contributed by atoms with Gasteiger partial charge >= 0.3 is 0 Å². The maximum Gasteiger partial charge on any atom is 0.259 e. The van der Waals surface area contributed by atoms with Crippen LogP contribution in [0.1, 0.15) is 41.1 Å². The number of methoxy groups -OCH3 is 1. The molecular weight excluding hydrogens is 332 g/mol. The summed E-state index contributed by atoms with van der Waals surface area (Å²) in [5.41, 5.74) is 1.63. The summed E-state index contributed by atoms with van der Waals surface area (Å²) in [6.07, 6.45) is 2.39. The van der Waals surface area contributed by atoms with E-state index in [1.807, 2.05) is 12.1 Å². The molecule has 2 heterocycles. The molecule has 2 aromatic rings. The lowest BCUT2D eigenvalue weighted by Gasteiger charge is -2.14. The summed E-state index contributed by atoms with van der Waals surface area (Å²) < 4.78 is 5.25. The number of hydrogen-bond donors (Lipinski definition) is 1. The van der Waals surface area contributed by atoms with Crippen LogP contribution in [0.2, 0.25) is 0 Å². The highest BCUT2D eigenvalue weighted by Crippen LogP contribution is 2.26. The fourth-order valence-electron chi connectivity index (χ4n) is 3.10. The Morgan fingerprint density at radius 3 is 2.73 bits per heavy atom. The summed E-state index contributed by atoms with van der Waals surface area (Å²) in [4.78, 5) is 34.7. The third kappa shape index (κ3) is 3.66. The van der Waals surface area contributed by atoms with E-state index in [1.165, 1.54) is 0 Å². The first-order chi connectivity index (χ1) is 12.5. The molecular formula is C19H22N4O3. The number of ether oxygens (including phenoxy) is 1. The van der Waals surface area contributed by atoms with Crippen molar-refractivity contribution in [2.45, 2.75) is 26.2 Å². The Kier molecular flexibility index (Phi) is 5.16. The average molecular weight is 354 g/mol. The number of carbonyl (C=O) groups excluding carboxylic acids is 2. The van der Waals surface area contributed by atoms with Crippen LogP contribution in [-0.2, 0) is 4.79 Å². The van der Waals surface area contributed by atoms with Gasteiger partial charge in [0.1, 0.15) is 11.6 Å². The van der Waals surface area contributed by atoms with Crippen molar-refractivity contribution in [1.29, 1.82) is 0 Å². The van der Waals surface area contributed by atoms with Crippen LogP contribution in [0.25, 0.3) is 0 Å². The lowest BCUT2D eigenvalue weighted by molar-refractivity contribution is -0.127. The fourth-order valence-corrected chi connectivity index (χ4v) is 3.10. The van der Waals surface area contributed by atoms with Gasteiger partial charge in [-0.05, 0) is 25.5 Å². The molecule has 0 bridgehead atoms. The SMILES string of the molecule is COc1ccccc1NC(=O)c1cnc([C@@H]2CCN(C(C)=O)C2)nc1C. The molecule has 1 fully saturated rings. The molecule has 1 N–H and O–H groups in total. The van der Waals surface area contributed by atoms with Crippen LogP contribution in [0.15, 0.2) is 30.5 Å². The molecule has 136 valence electrons. The number of para-hydroxylation sites is 2. The topological polar surface area (TPSA) is 84.4 Å². The number of anilines is 1. The van der Waals surface area contributed by atoms with Crippen molar-refractivity contribution in [3.8, 4) is 5.75 Å². The zero-order valence-corrected chi connectivity index (χ0v) is 15.2. The van der Waals surface area contributed by atoms with Gasteiger partial charge in [0, 0.05) is 32.1 Å². The number of amides is 2. The Hall–Kier alpha value is -2.96. The number of carbonyl (C=O) groups is 2. The van der Waals surface area contributed by atoms with Crippen molar-refractivity contribution in [3.05, 3.63) is 47.5 Å². The molecule has 1 aromatic carbocycles. The van der Waals surface area contributed by atoms with Crippen LogP contribution in [0.3, 0.4) is 0 Å². The number of rotatable bonds is 4. The maximum atomic E-state index is 12.6. The van der Waals surface area contributed by atoms with Gasteiger partial charge in [-0.3, -0.25) is 9.59 Å². The lowest BCUT2D eigenvalue weighted by Crippen LogP contribution is -2.25. The monoisotopic (exact) mass is 354 g/mol. The van der Waals surface area contributed by atoms with Gasteiger partial charge in [0.15, 0.2) is 0 Å². The minimum Gasteiger partial charge on any atom is -0.495 e. The molecule has 1 saturated heterocycles. The molecule has 3 rings (SSSR count). The summed E-state index contributed by atoms with van der Waals surface area (Å²) in [5, 5.41) is 2.83. The van der Waals surface area contributed by atoms with Gasteiger partial charge in [-0.1, -0.05) is 12.1 Å². The largest absolute Gasteiger partial charge is 0.495 e. The second-order valence-electron chi connectivity index (χ2n) is 6.33. The Balaban J connectivity index is 1.75. The van der Waals surface area contributed by atoms with E-state index in [0.29, 0.717) is 35.1 Å². The molecule has 7 nitrogen and oxygen atoms in total. The van der Waals surface area contributed by atoms with Crippen molar-refractivity contribution in [2.24, 2.45) is 0 Å². The van der Waals surface area contributed by atoms with Crippen LogP contribution >= 0.6 is 0 Å². The number of nitrogens with one attached hydrogen (secondary N) is 1. The molecule has 0 aliphatic carbocycles. The van der Waals surface area contributed by atoms with E-state index in [0.717, 1.165) is 13.0 Å². The van der Waals surface area contributed by atoms with E-state index in [2.05, 4.69) is 15.3 Å². The van der Waals surface area contributed by atoms with Crippen molar-refractivity contribution in [3.63, 3.8) is 0 Å². The van der Waals surface area contributed by atoms with E-state index in [-0.39, 0.29) is 17.7 Å². The molecule has 26 heavy (non-hydrogen) atoms. The quantitative estimate of drug-likeness (QED) is 0.911. The molecule has 0 saturated carbocycles. The molecule has 0 unspecified atom stereocenters. The zero-order valence-electron chi connectivity index (χ0n) is 15.2. The highest BCUT2D eigenvalue weighted by Gasteiger charge is 2.28. The molecule has 1 aliphatic rings. The smallest absolute Gasteiger partial charge is 0.259 e.